The molecule has 0 saturated carbocycles. The fraction of sp³-hybridized carbons (Fsp3) is 0.400. The molecule has 7 heteroatoms. The molecule has 0 radical (unpaired) electrons. The van der Waals surface area contributed by atoms with Crippen molar-refractivity contribution in [3.63, 3.8) is 0 Å². The third-order valence-electron chi connectivity index (χ3n) is 2.32. The van der Waals surface area contributed by atoms with E-state index in [1.54, 1.807) is 0 Å². The molecular formula is C10H13F3N2O2. The molecule has 1 aromatic carbocycles. The van der Waals surface area contributed by atoms with Crippen LogP contribution in [0.3, 0.4) is 0 Å². The van der Waals surface area contributed by atoms with Crippen molar-refractivity contribution in [3.8, 4) is 0 Å². The molecule has 0 spiro atoms. The van der Waals surface area contributed by atoms with Crippen LogP contribution in [0.25, 0.3) is 0 Å². The molecule has 0 heterocycles. The predicted molar refractivity (Wildman–Crippen MR) is 56.9 cm³/mol. The van der Waals surface area contributed by atoms with Gasteiger partial charge in [0.25, 0.3) is 0 Å². The van der Waals surface area contributed by atoms with Crippen molar-refractivity contribution < 1.29 is 23.4 Å². The highest BCUT2D eigenvalue weighted by atomic mass is 19.4. The number of anilines is 2. The fourth-order valence-corrected chi connectivity index (χ4v) is 1.47. The van der Waals surface area contributed by atoms with E-state index in [1.807, 2.05) is 0 Å². The Bertz CT molecular complexity index is 419. The quantitative estimate of drug-likeness (QED) is 0.598. The van der Waals surface area contributed by atoms with Crippen LogP contribution in [0.4, 0.5) is 24.5 Å². The van der Waals surface area contributed by atoms with Gasteiger partial charge in [0, 0.05) is 22.5 Å². The maximum atomic E-state index is 12.4. The van der Waals surface area contributed by atoms with Gasteiger partial charge in [0.2, 0.25) is 0 Å². The summed E-state index contributed by atoms with van der Waals surface area (Å²) in [5.41, 5.74) is 10.1. The van der Waals surface area contributed by atoms with Gasteiger partial charge in [-0.15, -0.1) is 0 Å². The number of alkyl halides is 3. The first kappa shape index (κ1) is 13.6. The second-order valence-electron chi connectivity index (χ2n) is 3.73. The SMILES string of the molecule is CC(O)c1cc(N)cc(C(O)C(F)(F)F)c1N. The summed E-state index contributed by atoms with van der Waals surface area (Å²) >= 11 is 0. The highest BCUT2D eigenvalue weighted by Crippen LogP contribution is 2.38. The lowest BCUT2D eigenvalue weighted by Gasteiger charge is -2.20. The second kappa shape index (κ2) is 4.42. The van der Waals surface area contributed by atoms with Crippen LogP contribution >= 0.6 is 0 Å². The molecule has 0 saturated heterocycles. The van der Waals surface area contributed by atoms with Crippen LogP contribution in [0.2, 0.25) is 0 Å². The number of rotatable bonds is 2. The summed E-state index contributed by atoms with van der Waals surface area (Å²) in [6.07, 6.45) is -8.63. The molecule has 2 unspecified atom stereocenters. The van der Waals surface area contributed by atoms with Crippen molar-refractivity contribution in [2.75, 3.05) is 11.5 Å². The molecular weight excluding hydrogens is 237 g/mol. The zero-order valence-electron chi connectivity index (χ0n) is 8.99. The summed E-state index contributed by atoms with van der Waals surface area (Å²) in [5, 5.41) is 18.5. The summed E-state index contributed by atoms with van der Waals surface area (Å²) in [6.45, 7) is 1.34. The number of halogens is 3. The van der Waals surface area contributed by atoms with Gasteiger partial charge < -0.3 is 21.7 Å². The molecule has 0 aliphatic carbocycles. The van der Waals surface area contributed by atoms with E-state index in [-0.39, 0.29) is 16.9 Å². The van der Waals surface area contributed by atoms with Gasteiger partial charge in [-0.2, -0.15) is 13.2 Å². The summed E-state index contributed by atoms with van der Waals surface area (Å²) < 4.78 is 37.1. The number of benzene rings is 1. The van der Waals surface area contributed by atoms with Gasteiger partial charge in [-0.25, -0.2) is 0 Å². The number of nitrogens with two attached hydrogens (primary N) is 2. The van der Waals surface area contributed by atoms with E-state index in [4.69, 9.17) is 16.6 Å². The standard InChI is InChI=1S/C10H13F3N2O2/c1-4(16)6-2-5(14)3-7(8(6)15)9(17)10(11,12)13/h2-4,9,16-17H,14-15H2,1H3. The number of aliphatic hydroxyl groups is 2. The van der Waals surface area contributed by atoms with E-state index in [9.17, 15) is 18.3 Å². The van der Waals surface area contributed by atoms with E-state index >= 15 is 0 Å². The Hall–Kier alpha value is -1.47. The van der Waals surface area contributed by atoms with Crippen molar-refractivity contribution >= 4 is 11.4 Å². The van der Waals surface area contributed by atoms with Crippen LogP contribution in [0.15, 0.2) is 12.1 Å². The monoisotopic (exact) mass is 250 g/mol. The molecule has 0 aromatic heterocycles. The van der Waals surface area contributed by atoms with Gasteiger partial charge in [0.15, 0.2) is 6.10 Å². The van der Waals surface area contributed by atoms with Crippen LogP contribution in [0, 0.1) is 0 Å². The van der Waals surface area contributed by atoms with E-state index < -0.39 is 23.9 Å². The Morgan fingerprint density at radius 2 is 1.59 bits per heavy atom. The number of hydrogen-bond donors (Lipinski definition) is 4. The number of nitrogen functional groups attached to an aromatic ring is 2. The molecule has 17 heavy (non-hydrogen) atoms. The van der Waals surface area contributed by atoms with E-state index in [1.165, 1.54) is 13.0 Å². The van der Waals surface area contributed by atoms with Crippen LogP contribution in [-0.4, -0.2) is 16.4 Å². The predicted octanol–water partition coefficient (Wildman–Crippen LogP) is 1.50. The normalized spacial score (nSPS) is 15.6. The molecule has 0 aliphatic rings. The highest BCUT2D eigenvalue weighted by molar-refractivity contribution is 5.62. The van der Waals surface area contributed by atoms with E-state index in [0.717, 1.165) is 6.07 Å². The topological polar surface area (TPSA) is 92.5 Å². The maximum Gasteiger partial charge on any atom is 0.418 e. The van der Waals surface area contributed by atoms with Crippen LogP contribution < -0.4 is 11.5 Å². The Labute approximate surface area is 95.7 Å². The van der Waals surface area contributed by atoms with Crippen LogP contribution in [0.1, 0.15) is 30.3 Å². The molecule has 0 fully saturated rings. The minimum atomic E-state index is -4.84. The lowest BCUT2D eigenvalue weighted by atomic mass is 9.98. The third kappa shape index (κ3) is 2.80. The Morgan fingerprint density at radius 1 is 1.12 bits per heavy atom. The van der Waals surface area contributed by atoms with E-state index in [2.05, 4.69) is 0 Å². The fourth-order valence-electron chi connectivity index (χ4n) is 1.47. The molecule has 2 atom stereocenters. The zero-order valence-corrected chi connectivity index (χ0v) is 8.99. The maximum absolute atomic E-state index is 12.4. The van der Waals surface area contributed by atoms with Crippen molar-refractivity contribution in [1.29, 1.82) is 0 Å². The van der Waals surface area contributed by atoms with Crippen molar-refractivity contribution in [2.24, 2.45) is 0 Å². The number of hydrogen-bond acceptors (Lipinski definition) is 4. The number of aliphatic hydroxyl groups excluding tert-OH is 2. The van der Waals surface area contributed by atoms with Crippen molar-refractivity contribution in [3.05, 3.63) is 23.3 Å². The van der Waals surface area contributed by atoms with Gasteiger partial charge in [-0.05, 0) is 19.1 Å². The minimum absolute atomic E-state index is 0.00611. The first-order chi connectivity index (χ1) is 7.64. The molecule has 0 bridgehead atoms. The first-order valence-electron chi connectivity index (χ1n) is 4.76. The van der Waals surface area contributed by atoms with Gasteiger partial charge in [-0.3, -0.25) is 0 Å². The first-order valence-corrected chi connectivity index (χ1v) is 4.76. The van der Waals surface area contributed by atoms with Gasteiger partial charge in [-0.1, -0.05) is 0 Å². The van der Waals surface area contributed by atoms with E-state index in [0.29, 0.717) is 0 Å². The Morgan fingerprint density at radius 3 is 2.00 bits per heavy atom. The van der Waals surface area contributed by atoms with Crippen LogP contribution in [0.5, 0.6) is 0 Å². The average molecular weight is 250 g/mol. The van der Waals surface area contributed by atoms with Crippen molar-refractivity contribution in [2.45, 2.75) is 25.3 Å². The average Bonchev–Trinajstić information content (AvgIpc) is 2.18. The van der Waals surface area contributed by atoms with Crippen molar-refractivity contribution in [1.82, 2.24) is 0 Å². The molecule has 1 rings (SSSR count). The lowest BCUT2D eigenvalue weighted by molar-refractivity contribution is -0.206. The zero-order chi connectivity index (χ0) is 13.4. The molecule has 96 valence electrons. The minimum Gasteiger partial charge on any atom is -0.399 e. The largest absolute Gasteiger partial charge is 0.418 e. The summed E-state index contributed by atoms with van der Waals surface area (Å²) in [5.74, 6) is 0. The van der Waals surface area contributed by atoms with Gasteiger partial charge in [0.05, 0.1) is 6.10 Å². The highest BCUT2D eigenvalue weighted by Gasteiger charge is 2.41. The third-order valence-corrected chi connectivity index (χ3v) is 2.32. The Kier molecular flexibility index (Phi) is 3.53. The summed E-state index contributed by atoms with van der Waals surface area (Å²) in [7, 11) is 0. The molecule has 4 nitrogen and oxygen atoms in total. The second-order valence-corrected chi connectivity index (χ2v) is 3.73. The van der Waals surface area contributed by atoms with Crippen LogP contribution in [-0.2, 0) is 0 Å². The summed E-state index contributed by atoms with van der Waals surface area (Å²) in [6, 6.07) is 2.21. The summed E-state index contributed by atoms with van der Waals surface area (Å²) in [4.78, 5) is 0. The van der Waals surface area contributed by atoms with Gasteiger partial charge in [0.1, 0.15) is 0 Å². The van der Waals surface area contributed by atoms with Gasteiger partial charge >= 0.3 is 6.18 Å². The molecule has 1 aromatic rings. The lowest BCUT2D eigenvalue weighted by Crippen LogP contribution is -2.22. The smallest absolute Gasteiger partial charge is 0.399 e. The Balaban J connectivity index is 3.35. The molecule has 0 aliphatic heterocycles. The molecule has 6 N–H and O–H groups in total. The molecule has 0 amide bonds.